The van der Waals surface area contributed by atoms with Crippen molar-refractivity contribution in [3.63, 3.8) is 0 Å². The van der Waals surface area contributed by atoms with Gasteiger partial charge in [0.05, 0.1) is 14.2 Å². The second-order valence-corrected chi connectivity index (χ2v) is 9.65. The Kier molecular flexibility index (Phi) is 3.10. The molecule has 32 heavy (non-hydrogen) atoms. The Morgan fingerprint density at radius 1 is 0.594 bits per heavy atom. The summed E-state index contributed by atoms with van der Waals surface area (Å²) in [5, 5.41) is 0. The average molecular weight is 432 g/mol. The Morgan fingerprint density at radius 3 is 1.19 bits per heavy atom. The zero-order chi connectivity index (χ0) is 22.3. The van der Waals surface area contributed by atoms with Crippen LogP contribution in [0.4, 0.5) is 0 Å². The number of benzene rings is 2. The van der Waals surface area contributed by atoms with E-state index in [1.807, 2.05) is 24.3 Å². The third-order valence-electron chi connectivity index (χ3n) is 9.81. The number of methoxy groups -OCH3 is 4. The lowest BCUT2D eigenvalue weighted by Gasteiger charge is -2.97. The molecule has 3 saturated carbocycles. The molecular formula is C26H24O6. The summed E-state index contributed by atoms with van der Waals surface area (Å²) in [7, 11) is 6.03. The topological polar surface area (TPSA) is 71.1 Å². The van der Waals surface area contributed by atoms with E-state index in [-0.39, 0.29) is 35.6 Å². The van der Waals surface area contributed by atoms with E-state index in [1.54, 1.807) is 14.2 Å². The first-order valence-corrected chi connectivity index (χ1v) is 11.0. The van der Waals surface area contributed by atoms with Crippen molar-refractivity contribution in [2.45, 2.75) is 34.9 Å². The minimum Gasteiger partial charge on any atom is -0.468 e. The monoisotopic (exact) mass is 432 g/mol. The van der Waals surface area contributed by atoms with Crippen LogP contribution >= 0.6 is 0 Å². The van der Waals surface area contributed by atoms with Gasteiger partial charge in [-0.15, -0.1) is 0 Å². The van der Waals surface area contributed by atoms with Gasteiger partial charge < -0.3 is 18.9 Å². The van der Waals surface area contributed by atoms with Gasteiger partial charge in [-0.25, -0.2) is 0 Å². The number of carbonyl (C=O) groups is 2. The number of esters is 2. The molecule has 0 N–H and O–H groups in total. The second kappa shape index (κ2) is 5.26. The predicted octanol–water partition coefficient (Wildman–Crippen LogP) is 2.88. The third kappa shape index (κ3) is 1.20. The number of hydrogen-bond acceptors (Lipinski definition) is 6. The molecule has 0 spiro atoms. The van der Waals surface area contributed by atoms with Crippen LogP contribution in [0, 0.1) is 10.8 Å². The Bertz CT molecular complexity index is 1130. The van der Waals surface area contributed by atoms with Crippen LogP contribution in [0.25, 0.3) is 0 Å². The fourth-order valence-electron chi connectivity index (χ4n) is 9.65. The van der Waals surface area contributed by atoms with Crippen molar-refractivity contribution in [2.24, 2.45) is 10.8 Å². The summed E-state index contributed by atoms with van der Waals surface area (Å²) in [6.45, 7) is 0. The maximum absolute atomic E-state index is 13.8. The summed E-state index contributed by atoms with van der Waals surface area (Å²) in [5.41, 5.74) is 0.116. The van der Waals surface area contributed by atoms with Crippen LogP contribution in [0.3, 0.4) is 0 Å². The lowest BCUT2D eigenvalue weighted by atomic mass is 9.05. The molecule has 0 radical (unpaired) electrons. The Labute approximate surface area is 185 Å². The van der Waals surface area contributed by atoms with Crippen LogP contribution in [0.15, 0.2) is 48.5 Å². The highest BCUT2D eigenvalue weighted by Crippen LogP contribution is 3.02. The van der Waals surface area contributed by atoms with Gasteiger partial charge in [-0.05, 0) is 22.3 Å². The zero-order valence-electron chi connectivity index (χ0n) is 18.4. The molecule has 164 valence electrons. The van der Waals surface area contributed by atoms with Crippen molar-refractivity contribution in [1.82, 2.24) is 0 Å². The summed E-state index contributed by atoms with van der Waals surface area (Å²) in [6.07, 6.45) is 0. The Hall–Kier alpha value is -2.70. The van der Waals surface area contributed by atoms with E-state index in [9.17, 15) is 9.59 Å². The standard InChI is InChI=1S/C26H24O6/c1-29-21(27)23-17-13-9-5-7-11-15(13)20-18-14-10-6-8-12-16(14)19(17)25(23,31-3)24(18,22(28)30-2)26(20,23)32-4/h5-12,17-20H,1-4H3/t17-,18-,19+,20+,23?,24?,25?,26?/m1/s1. The highest BCUT2D eigenvalue weighted by atomic mass is 16.6. The summed E-state index contributed by atoms with van der Waals surface area (Å²) < 4.78 is 23.6. The number of ether oxygens (including phenoxy) is 4. The van der Waals surface area contributed by atoms with Crippen LogP contribution < -0.4 is 0 Å². The summed E-state index contributed by atoms with van der Waals surface area (Å²) >= 11 is 0. The minimum atomic E-state index is -1.12. The molecule has 4 atom stereocenters. The Morgan fingerprint density at radius 2 is 0.906 bits per heavy atom. The largest absolute Gasteiger partial charge is 0.468 e. The van der Waals surface area contributed by atoms with Crippen LogP contribution in [0.1, 0.15) is 45.9 Å². The summed E-state index contributed by atoms with van der Waals surface area (Å²) in [4.78, 5) is 27.6. The van der Waals surface area contributed by atoms with Crippen molar-refractivity contribution < 1.29 is 28.5 Å². The SMILES string of the molecule is COC(=O)C12[C@@H]3c4ccccc4[C@H]4[C@H]5c6ccccc6[C@@H]3C1(OC)C5(C(=O)OC)C42OC. The molecule has 0 saturated heterocycles. The first kappa shape index (κ1) is 18.8. The molecule has 6 heteroatoms. The minimum absolute atomic E-state index is 0.191. The van der Waals surface area contributed by atoms with Gasteiger partial charge in [0, 0.05) is 37.9 Å². The summed E-state index contributed by atoms with van der Waals surface area (Å²) in [6, 6.07) is 16.5. The summed E-state index contributed by atoms with van der Waals surface area (Å²) in [5.74, 6) is -1.57. The third-order valence-corrected chi connectivity index (χ3v) is 9.81. The molecule has 5 aliphatic rings. The fraction of sp³-hybridized carbons (Fsp3) is 0.462. The molecule has 2 aromatic carbocycles. The van der Waals surface area contributed by atoms with Crippen LogP contribution in [-0.4, -0.2) is 51.6 Å². The van der Waals surface area contributed by atoms with Gasteiger partial charge in [0.1, 0.15) is 22.0 Å². The van der Waals surface area contributed by atoms with E-state index in [0.29, 0.717) is 0 Å². The number of fused-ring (bicyclic) bond motifs is 8. The lowest BCUT2D eigenvalue weighted by molar-refractivity contribution is -0.508. The van der Waals surface area contributed by atoms with Crippen molar-refractivity contribution in [1.29, 1.82) is 0 Å². The van der Waals surface area contributed by atoms with E-state index >= 15 is 0 Å². The second-order valence-electron chi connectivity index (χ2n) is 9.65. The molecule has 0 heterocycles. The molecule has 5 aliphatic carbocycles. The van der Waals surface area contributed by atoms with Gasteiger partial charge >= 0.3 is 11.9 Å². The highest BCUT2D eigenvalue weighted by Gasteiger charge is 3.13. The van der Waals surface area contributed by atoms with Gasteiger partial charge in [0.2, 0.25) is 0 Å². The van der Waals surface area contributed by atoms with Crippen molar-refractivity contribution in [3.05, 3.63) is 70.8 Å². The van der Waals surface area contributed by atoms with Crippen molar-refractivity contribution in [3.8, 4) is 0 Å². The lowest BCUT2D eigenvalue weighted by Crippen LogP contribution is -3.08. The maximum Gasteiger partial charge on any atom is 0.318 e. The first-order chi connectivity index (χ1) is 15.5. The smallest absolute Gasteiger partial charge is 0.318 e. The van der Waals surface area contributed by atoms with E-state index in [0.717, 1.165) is 22.3 Å². The van der Waals surface area contributed by atoms with Gasteiger partial charge in [-0.2, -0.15) is 0 Å². The van der Waals surface area contributed by atoms with Crippen LogP contribution in [0.2, 0.25) is 0 Å². The van der Waals surface area contributed by atoms with E-state index in [1.165, 1.54) is 14.2 Å². The molecule has 0 aromatic heterocycles. The predicted molar refractivity (Wildman–Crippen MR) is 112 cm³/mol. The fourth-order valence-corrected chi connectivity index (χ4v) is 9.65. The molecule has 0 bridgehead atoms. The van der Waals surface area contributed by atoms with Gasteiger partial charge in [-0.1, -0.05) is 48.5 Å². The quantitative estimate of drug-likeness (QED) is 0.692. The van der Waals surface area contributed by atoms with Gasteiger partial charge in [0.15, 0.2) is 0 Å². The number of rotatable bonds is 4. The van der Waals surface area contributed by atoms with E-state index in [4.69, 9.17) is 18.9 Å². The zero-order valence-corrected chi connectivity index (χ0v) is 18.4. The molecular weight excluding hydrogens is 408 g/mol. The van der Waals surface area contributed by atoms with E-state index < -0.39 is 22.0 Å². The maximum atomic E-state index is 13.8. The molecule has 0 aliphatic heterocycles. The number of hydrogen-bond donors (Lipinski definition) is 0. The van der Waals surface area contributed by atoms with Crippen LogP contribution in [-0.2, 0) is 28.5 Å². The van der Waals surface area contributed by atoms with Gasteiger partial charge in [0.25, 0.3) is 0 Å². The normalized spacial score (nSPS) is 44.6. The van der Waals surface area contributed by atoms with Crippen molar-refractivity contribution in [2.75, 3.05) is 28.4 Å². The molecule has 2 aromatic rings. The average Bonchev–Trinajstić information content (AvgIpc) is 2.79. The Balaban J connectivity index is 1.70. The molecule has 3 fully saturated rings. The molecule has 0 unspecified atom stereocenters. The number of carbonyl (C=O) groups excluding carboxylic acids is 2. The first-order valence-electron chi connectivity index (χ1n) is 11.0. The van der Waals surface area contributed by atoms with Gasteiger partial charge in [-0.3, -0.25) is 9.59 Å². The van der Waals surface area contributed by atoms with Crippen molar-refractivity contribution >= 4 is 11.9 Å². The molecule has 0 amide bonds. The van der Waals surface area contributed by atoms with E-state index in [2.05, 4.69) is 24.3 Å². The molecule has 7 rings (SSSR count). The van der Waals surface area contributed by atoms with Crippen LogP contribution in [0.5, 0.6) is 0 Å². The molecule has 6 nitrogen and oxygen atoms in total. The highest BCUT2D eigenvalue weighted by molar-refractivity contribution is 6.03.